The van der Waals surface area contributed by atoms with Crippen LogP contribution >= 0.6 is 11.6 Å². The van der Waals surface area contributed by atoms with Crippen molar-refractivity contribution in [3.05, 3.63) is 28.5 Å². The van der Waals surface area contributed by atoms with Crippen molar-refractivity contribution in [2.45, 2.75) is 46.0 Å². The molecular formula is C15H21ClN2O. The van der Waals surface area contributed by atoms with Crippen molar-refractivity contribution in [3.63, 3.8) is 0 Å². The average molecular weight is 281 g/mol. The molecule has 0 aliphatic heterocycles. The second kappa shape index (κ2) is 5.49. The van der Waals surface area contributed by atoms with Gasteiger partial charge in [-0.05, 0) is 42.7 Å². The second-order valence-electron chi connectivity index (χ2n) is 5.79. The van der Waals surface area contributed by atoms with E-state index in [4.69, 9.17) is 11.6 Å². The third-order valence-corrected chi connectivity index (χ3v) is 4.19. The molecule has 1 aliphatic rings. The molecule has 1 heterocycles. The molecule has 0 atom stereocenters. The summed E-state index contributed by atoms with van der Waals surface area (Å²) in [6.07, 6.45) is 3.57. The molecule has 0 saturated heterocycles. The molecule has 0 spiro atoms. The maximum Gasteiger partial charge on any atom is 0.251 e. The average Bonchev–Trinajstić information content (AvgIpc) is 3.16. The van der Waals surface area contributed by atoms with Crippen molar-refractivity contribution in [2.75, 3.05) is 6.54 Å². The minimum Gasteiger partial charge on any atom is -0.351 e. The highest BCUT2D eigenvalue weighted by atomic mass is 35.5. The van der Waals surface area contributed by atoms with Crippen LogP contribution in [0.4, 0.5) is 0 Å². The third kappa shape index (κ3) is 3.47. The number of aromatic nitrogens is 1. The quantitative estimate of drug-likeness (QED) is 0.834. The van der Waals surface area contributed by atoms with Crippen LogP contribution in [0.5, 0.6) is 0 Å². The Morgan fingerprint density at radius 1 is 1.47 bits per heavy atom. The van der Waals surface area contributed by atoms with Crippen LogP contribution < -0.4 is 5.32 Å². The molecule has 1 aliphatic carbocycles. The summed E-state index contributed by atoms with van der Waals surface area (Å²) in [4.78, 5) is 16.4. The molecule has 3 nitrogen and oxygen atoms in total. The number of nitrogens with zero attached hydrogens (tertiary/aromatic N) is 1. The number of nitrogens with one attached hydrogen (secondary N) is 1. The lowest BCUT2D eigenvalue weighted by Gasteiger charge is -2.14. The molecule has 0 radical (unpaired) electrons. The number of hydrogen-bond acceptors (Lipinski definition) is 2. The van der Waals surface area contributed by atoms with Crippen LogP contribution in [0.3, 0.4) is 0 Å². The zero-order valence-electron chi connectivity index (χ0n) is 11.8. The molecule has 2 rings (SSSR count). The highest BCUT2D eigenvalue weighted by molar-refractivity contribution is 6.29. The molecule has 1 fully saturated rings. The normalized spacial score (nSPS) is 16.5. The van der Waals surface area contributed by atoms with Gasteiger partial charge in [0.1, 0.15) is 5.15 Å². The van der Waals surface area contributed by atoms with E-state index in [0.717, 1.165) is 18.7 Å². The molecule has 0 unspecified atom stereocenters. The summed E-state index contributed by atoms with van der Waals surface area (Å²) in [5.74, 6) is 0.210. The van der Waals surface area contributed by atoms with Gasteiger partial charge in [-0.15, -0.1) is 0 Å². The maximum absolute atomic E-state index is 12.2. The number of hydrogen-bond donors (Lipinski definition) is 1. The van der Waals surface area contributed by atoms with Gasteiger partial charge in [-0.1, -0.05) is 32.4 Å². The van der Waals surface area contributed by atoms with Crippen LogP contribution in [-0.2, 0) is 0 Å². The van der Waals surface area contributed by atoms with Crippen LogP contribution in [0.2, 0.25) is 5.15 Å². The van der Waals surface area contributed by atoms with E-state index in [9.17, 15) is 4.79 Å². The largest absolute Gasteiger partial charge is 0.351 e. The first kappa shape index (κ1) is 14.3. The lowest BCUT2D eigenvalue weighted by atomic mass is 10.0. The molecule has 0 aromatic carbocycles. The van der Waals surface area contributed by atoms with Gasteiger partial charge < -0.3 is 5.32 Å². The molecule has 4 heteroatoms. The summed E-state index contributed by atoms with van der Waals surface area (Å²) in [5.41, 5.74) is 1.82. The van der Waals surface area contributed by atoms with Crippen LogP contribution in [0.25, 0.3) is 0 Å². The van der Waals surface area contributed by atoms with Gasteiger partial charge in [0, 0.05) is 17.8 Å². The van der Waals surface area contributed by atoms with Gasteiger partial charge in [0.15, 0.2) is 0 Å². The van der Waals surface area contributed by atoms with Crippen molar-refractivity contribution in [1.29, 1.82) is 0 Å². The number of amides is 1. The summed E-state index contributed by atoms with van der Waals surface area (Å²) in [6.45, 7) is 7.02. The maximum atomic E-state index is 12.2. The van der Waals surface area contributed by atoms with Crippen LogP contribution in [0.15, 0.2) is 12.1 Å². The van der Waals surface area contributed by atoms with E-state index in [1.807, 2.05) is 19.9 Å². The first-order valence-corrected chi connectivity index (χ1v) is 7.29. The molecule has 1 aromatic rings. The lowest BCUT2D eigenvalue weighted by molar-refractivity contribution is 0.0944. The van der Waals surface area contributed by atoms with Gasteiger partial charge >= 0.3 is 0 Å². The molecule has 19 heavy (non-hydrogen) atoms. The van der Waals surface area contributed by atoms with Crippen LogP contribution in [0.1, 0.15) is 62.0 Å². The van der Waals surface area contributed by atoms with Gasteiger partial charge in [0.05, 0.1) is 0 Å². The Labute approximate surface area is 119 Å². The number of pyridine rings is 1. The van der Waals surface area contributed by atoms with E-state index in [-0.39, 0.29) is 11.8 Å². The summed E-state index contributed by atoms with van der Waals surface area (Å²) in [6, 6.07) is 3.46. The van der Waals surface area contributed by atoms with E-state index >= 15 is 0 Å². The first-order valence-electron chi connectivity index (χ1n) is 6.91. The Balaban J connectivity index is 2.06. The van der Waals surface area contributed by atoms with Crippen molar-refractivity contribution in [1.82, 2.24) is 10.3 Å². The van der Waals surface area contributed by atoms with E-state index < -0.39 is 0 Å². The minimum absolute atomic E-state index is 0.0501. The van der Waals surface area contributed by atoms with Gasteiger partial charge in [-0.25, -0.2) is 4.98 Å². The van der Waals surface area contributed by atoms with Crippen molar-refractivity contribution in [2.24, 2.45) is 5.41 Å². The van der Waals surface area contributed by atoms with Gasteiger partial charge in [-0.2, -0.15) is 0 Å². The summed E-state index contributed by atoms with van der Waals surface area (Å²) >= 11 is 5.98. The standard InChI is InChI=1S/C15H21ClN2O/c1-4-15(5-6-15)9-17-14(19)11-7-12(10(2)3)18-13(16)8-11/h7-8,10H,4-6,9H2,1-3H3,(H,17,19). The molecule has 1 amide bonds. The van der Waals surface area contributed by atoms with Gasteiger partial charge in [-0.3, -0.25) is 4.79 Å². The SMILES string of the molecule is CCC1(CNC(=O)c2cc(Cl)nc(C(C)C)c2)CC1. The van der Waals surface area contributed by atoms with Crippen LogP contribution in [0, 0.1) is 5.41 Å². The van der Waals surface area contributed by atoms with Crippen molar-refractivity contribution >= 4 is 17.5 Å². The molecule has 1 N–H and O–H groups in total. The van der Waals surface area contributed by atoms with E-state index in [0.29, 0.717) is 16.1 Å². The Hall–Kier alpha value is -1.09. The zero-order chi connectivity index (χ0) is 14.0. The van der Waals surface area contributed by atoms with E-state index in [1.54, 1.807) is 6.07 Å². The topological polar surface area (TPSA) is 42.0 Å². The van der Waals surface area contributed by atoms with Crippen molar-refractivity contribution in [3.8, 4) is 0 Å². The van der Waals surface area contributed by atoms with E-state index in [1.165, 1.54) is 12.8 Å². The fourth-order valence-electron chi connectivity index (χ4n) is 2.15. The number of rotatable bonds is 5. The first-order chi connectivity index (χ1) is 8.96. The molecule has 0 bridgehead atoms. The van der Waals surface area contributed by atoms with Gasteiger partial charge in [0.2, 0.25) is 0 Å². The smallest absolute Gasteiger partial charge is 0.251 e. The highest BCUT2D eigenvalue weighted by Crippen LogP contribution is 2.47. The third-order valence-electron chi connectivity index (χ3n) is 4.00. The van der Waals surface area contributed by atoms with Crippen LogP contribution in [-0.4, -0.2) is 17.4 Å². The Kier molecular flexibility index (Phi) is 4.14. The molecule has 1 aromatic heterocycles. The Morgan fingerprint density at radius 3 is 2.68 bits per heavy atom. The second-order valence-corrected chi connectivity index (χ2v) is 6.18. The fraction of sp³-hybridized carbons (Fsp3) is 0.600. The highest BCUT2D eigenvalue weighted by Gasteiger charge is 2.40. The Bertz CT molecular complexity index is 481. The number of carbonyl (C=O) groups is 1. The molecular weight excluding hydrogens is 260 g/mol. The predicted octanol–water partition coefficient (Wildman–Crippen LogP) is 3.78. The summed E-state index contributed by atoms with van der Waals surface area (Å²) in [5, 5.41) is 3.40. The zero-order valence-corrected chi connectivity index (χ0v) is 12.5. The number of halogens is 1. The lowest BCUT2D eigenvalue weighted by Crippen LogP contribution is -2.30. The molecule has 104 valence electrons. The predicted molar refractivity (Wildman–Crippen MR) is 77.6 cm³/mol. The summed E-state index contributed by atoms with van der Waals surface area (Å²) in [7, 11) is 0. The molecule has 1 saturated carbocycles. The Morgan fingerprint density at radius 2 is 2.16 bits per heavy atom. The number of carbonyl (C=O) groups excluding carboxylic acids is 1. The van der Waals surface area contributed by atoms with Crippen molar-refractivity contribution < 1.29 is 4.79 Å². The summed E-state index contributed by atoms with van der Waals surface area (Å²) < 4.78 is 0. The monoisotopic (exact) mass is 280 g/mol. The van der Waals surface area contributed by atoms with Gasteiger partial charge in [0.25, 0.3) is 5.91 Å². The van der Waals surface area contributed by atoms with E-state index in [2.05, 4.69) is 17.2 Å². The fourth-order valence-corrected chi connectivity index (χ4v) is 2.36. The minimum atomic E-state index is -0.0501.